The molecular weight excluding hydrogens is 278 g/mol. The molecule has 1 aliphatic rings. The molecule has 4 atom stereocenters. The maximum Gasteiger partial charge on any atom is 0.114 e. The minimum atomic E-state index is -1.08. The smallest absolute Gasteiger partial charge is 0.114 e. The zero-order chi connectivity index (χ0) is 11.7. The SMILES string of the molecule is OC[C@H]1O[C@@H](c2cnccc2Br)[C@H](O)[C@@H]1O. The van der Waals surface area contributed by atoms with Crippen LogP contribution >= 0.6 is 15.9 Å². The number of halogens is 1. The van der Waals surface area contributed by atoms with E-state index in [4.69, 9.17) is 9.84 Å². The van der Waals surface area contributed by atoms with Gasteiger partial charge in [0.1, 0.15) is 24.4 Å². The summed E-state index contributed by atoms with van der Waals surface area (Å²) in [6, 6.07) is 1.73. The fourth-order valence-corrected chi connectivity index (χ4v) is 2.20. The summed E-state index contributed by atoms with van der Waals surface area (Å²) >= 11 is 3.32. The van der Waals surface area contributed by atoms with E-state index in [-0.39, 0.29) is 6.61 Å². The molecule has 2 rings (SSSR count). The molecule has 0 spiro atoms. The van der Waals surface area contributed by atoms with Gasteiger partial charge in [-0.3, -0.25) is 4.98 Å². The second-order valence-electron chi connectivity index (χ2n) is 3.66. The number of rotatable bonds is 2. The maximum absolute atomic E-state index is 9.80. The highest BCUT2D eigenvalue weighted by Crippen LogP contribution is 2.36. The minimum Gasteiger partial charge on any atom is -0.394 e. The molecule has 5 nitrogen and oxygen atoms in total. The predicted molar refractivity (Wildman–Crippen MR) is 58.7 cm³/mol. The number of nitrogens with zero attached hydrogens (tertiary/aromatic N) is 1. The lowest BCUT2D eigenvalue weighted by Gasteiger charge is -2.15. The van der Waals surface area contributed by atoms with Crippen LogP contribution in [0.5, 0.6) is 0 Å². The van der Waals surface area contributed by atoms with E-state index in [1.807, 2.05) is 0 Å². The highest BCUT2D eigenvalue weighted by molar-refractivity contribution is 9.10. The number of hydrogen-bond acceptors (Lipinski definition) is 5. The molecule has 1 aliphatic heterocycles. The van der Waals surface area contributed by atoms with Gasteiger partial charge in [-0.05, 0) is 6.07 Å². The third kappa shape index (κ3) is 1.99. The Morgan fingerprint density at radius 1 is 1.38 bits per heavy atom. The van der Waals surface area contributed by atoms with E-state index in [1.54, 1.807) is 18.5 Å². The van der Waals surface area contributed by atoms with Crippen LogP contribution in [0.25, 0.3) is 0 Å². The van der Waals surface area contributed by atoms with Gasteiger partial charge in [0.05, 0.1) is 6.61 Å². The van der Waals surface area contributed by atoms with Crippen molar-refractivity contribution < 1.29 is 20.1 Å². The van der Waals surface area contributed by atoms with Crippen LogP contribution in [0.1, 0.15) is 11.7 Å². The van der Waals surface area contributed by atoms with E-state index in [0.717, 1.165) is 4.47 Å². The van der Waals surface area contributed by atoms with Crippen molar-refractivity contribution in [3.8, 4) is 0 Å². The van der Waals surface area contributed by atoms with Crippen molar-refractivity contribution in [2.24, 2.45) is 0 Å². The molecule has 1 saturated heterocycles. The second kappa shape index (κ2) is 4.77. The predicted octanol–water partition coefficient (Wildman–Crippen LogP) is -0.00190. The second-order valence-corrected chi connectivity index (χ2v) is 4.51. The lowest BCUT2D eigenvalue weighted by atomic mass is 10.0. The van der Waals surface area contributed by atoms with Gasteiger partial charge in [0, 0.05) is 22.4 Å². The lowest BCUT2D eigenvalue weighted by molar-refractivity contribution is -0.0230. The topological polar surface area (TPSA) is 82.8 Å². The van der Waals surface area contributed by atoms with E-state index in [1.165, 1.54) is 0 Å². The molecule has 3 N–H and O–H groups in total. The average molecular weight is 290 g/mol. The summed E-state index contributed by atoms with van der Waals surface area (Å²) in [5, 5.41) is 28.4. The van der Waals surface area contributed by atoms with E-state index in [9.17, 15) is 10.2 Å². The van der Waals surface area contributed by atoms with Crippen molar-refractivity contribution in [3.63, 3.8) is 0 Å². The van der Waals surface area contributed by atoms with Crippen molar-refractivity contribution in [2.75, 3.05) is 6.61 Å². The van der Waals surface area contributed by atoms with E-state index in [2.05, 4.69) is 20.9 Å². The fourth-order valence-electron chi connectivity index (χ4n) is 1.76. The molecule has 1 aromatic rings. The van der Waals surface area contributed by atoms with Gasteiger partial charge in [0.15, 0.2) is 0 Å². The quantitative estimate of drug-likeness (QED) is 0.714. The molecule has 0 aliphatic carbocycles. The molecule has 6 heteroatoms. The Morgan fingerprint density at radius 3 is 2.69 bits per heavy atom. The van der Waals surface area contributed by atoms with E-state index in [0.29, 0.717) is 5.56 Å². The molecule has 1 fully saturated rings. The molecule has 0 radical (unpaired) electrons. The number of pyridine rings is 1. The molecule has 0 bridgehead atoms. The van der Waals surface area contributed by atoms with Gasteiger partial charge in [0.25, 0.3) is 0 Å². The summed E-state index contributed by atoms with van der Waals surface area (Å²) in [6.07, 6.45) is -0.402. The van der Waals surface area contributed by atoms with Gasteiger partial charge >= 0.3 is 0 Å². The Bertz CT molecular complexity index is 376. The summed E-state index contributed by atoms with van der Waals surface area (Å²) < 4.78 is 6.13. The van der Waals surface area contributed by atoms with Gasteiger partial charge < -0.3 is 20.1 Å². The standard InChI is InChI=1S/C10H12BrNO4/c11-6-1-2-12-3-5(6)10-9(15)8(14)7(4-13)16-10/h1-3,7-10,13-15H,4H2/t7-,8-,9-,10+/m1/s1. The maximum atomic E-state index is 9.80. The van der Waals surface area contributed by atoms with Crippen molar-refractivity contribution in [3.05, 3.63) is 28.5 Å². The van der Waals surface area contributed by atoms with Crippen LogP contribution < -0.4 is 0 Å². The Balaban J connectivity index is 2.26. The van der Waals surface area contributed by atoms with E-state index >= 15 is 0 Å². The molecule has 2 heterocycles. The van der Waals surface area contributed by atoms with E-state index < -0.39 is 24.4 Å². The first-order valence-corrected chi connectivity index (χ1v) is 5.66. The van der Waals surface area contributed by atoms with Gasteiger partial charge in [-0.1, -0.05) is 15.9 Å². The Morgan fingerprint density at radius 2 is 2.12 bits per heavy atom. The first kappa shape index (κ1) is 11.9. The fraction of sp³-hybridized carbons (Fsp3) is 0.500. The van der Waals surface area contributed by atoms with Gasteiger partial charge in [-0.25, -0.2) is 0 Å². The zero-order valence-corrected chi connectivity index (χ0v) is 9.91. The third-order valence-corrected chi connectivity index (χ3v) is 3.37. The van der Waals surface area contributed by atoms with Crippen molar-refractivity contribution >= 4 is 15.9 Å². The highest BCUT2D eigenvalue weighted by Gasteiger charge is 2.43. The molecular formula is C10H12BrNO4. The average Bonchev–Trinajstić information content (AvgIpc) is 2.57. The number of hydrogen-bond donors (Lipinski definition) is 3. The molecule has 0 unspecified atom stereocenters. The van der Waals surface area contributed by atoms with Crippen LogP contribution in [-0.2, 0) is 4.74 Å². The largest absolute Gasteiger partial charge is 0.394 e. The van der Waals surface area contributed by atoms with Gasteiger partial charge in [-0.2, -0.15) is 0 Å². The molecule has 1 aromatic heterocycles. The summed E-state index contributed by atoms with van der Waals surface area (Å²) in [5.74, 6) is 0. The Hall–Kier alpha value is -0.530. The van der Waals surface area contributed by atoms with Crippen LogP contribution in [0, 0.1) is 0 Å². The van der Waals surface area contributed by atoms with Gasteiger partial charge in [-0.15, -0.1) is 0 Å². The van der Waals surface area contributed by atoms with Gasteiger partial charge in [0.2, 0.25) is 0 Å². The number of aromatic nitrogens is 1. The van der Waals surface area contributed by atoms with Crippen molar-refractivity contribution in [2.45, 2.75) is 24.4 Å². The molecule has 0 saturated carbocycles. The van der Waals surface area contributed by atoms with Crippen LogP contribution in [0.15, 0.2) is 22.9 Å². The lowest BCUT2D eigenvalue weighted by Crippen LogP contribution is -2.32. The molecule has 16 heavy (non-hydrogen) atoms. The van der Waals surface area contributed by atoms with Crippen LogP contribution in [0.4, 0.5) is 0 Å². The van der Waals surface area contributed by atoms with Crippen LogP contribution in [-0.4, -0.2) is 45.2 Å². The zero-order valence-electron chi connectivity index (χ0n) is 8.32. The molecule has 88 valence electrons. The third-order valence-electron chi connectivity index (χ3n) is 2.65. The van der Waals surface area contributed by atoms with Crippen molar-refractivity contribution in [1.29, 1.82) is 0 Å². The normalized spacial score (nSPS) is 34.2. The first-order valence-electron chi connectivity index (χ1n) is 4.87. The monoisotopic (exact) mass is 289 g/mol. The number of ether oxygens (including phenoxy) is 1. The van der Waals surface area contributed by atoms with Crippen molar-refractivity contribution in [1.82, 2.24) is 4.98 Å². The highest BCUT2D eigenvalue weighted by atomic mass is 79.9. The summed E-state index contributed by atoms with van der Waals surface area (Å²) in [4.78, 5) is 3.94. The summed E-state index contributed by atoms with van der Waals surface area (Å²) in [5.41, 5.74) is 0.657. The summed E-state index contributed by atoms with van der Waals surface area (Å²) in [6.45, 7) is -0.327. The number of aliphatic hydroxyl groups is 3. The molecule has 0 amide bonds. The number of aliphatic hydroxyl groups excluding tert-OH is 3. The molecule has 0 aromatic carbocycles. The van der Waals surface area contributed by atoms with Crippen LogP contribution in [0.2, 0.25) is 0 Å². The minimum absolute atomic E-state index is 0.327. The first-order chi connectivity index (χ1) is 7.65. The Kier molecular flexibility index (Phi) is 3.56. The Labute approximate surface area is 101 Å². The van der Waals surface area contributed by atoms with Crippen LogP contribution in [0.3, 0.4) is 0 Å². The summed E-state index contributed by atoms with van der Waals surface area (Å²) in [7, 11) is 0.